The van der Waals surface area contributed by atoms with E-state index in [-0.39, 0.29) is 11.9 Å². The van der Waals surface area contributed by atoms with Crippen LogP contribution in [0, 0.1) is 19.3 Å². The maximum absolute atomic E-state index is 9.94. The summed E-state index contributed by atoms with van der Waals surface area (Å²) in [5.74, 6) is 0.0792. The van der Waals surface area contributed by atoms with Crippen molar-refractivity contribution in [3.63, 3.8) is 0 Å². The number of nitrogens with two attached hydrogens (primary N) is 1. The highest BCUT2D eigenvalue weighted by molar-refractivity contribution is 6.01. The smallest absolute Gasteiger partial charge is 0.126 e. The number of piperidine rings is 1. The topological polar surface area (TPSA) is 86.2 Å². The van der Waals surface area contributed by atoms with Gasteiger partial charge in [0.25, 0.3) is 0 Å². The first kappa shape index (κ1) is 13.4. The number of pyridine rings is 1. The van der Waals surface area contributed by atoms with Crippen molar-refractivity contribution in [3.8, 4) is 0 Å². The molecular formula is C15H22N4O. The number of hydrogen-bond donors (Lipinski definition) is 3. The second-order valence-electron chi connectivity index (χ2n) is 6.07. The molecule has 2 atom stereocenters. The maximum Gasteiger partial charge on any atom is 0.126 e. The van der Waals surface area contributed by atoms with Gasteiger partial charge in [-0.1, -0.05) is 0 Å². The van der Waals surface area contributed by atoms with Gasteiger partial charge in [-0.25, -0.2) is 0 Å². The summed E-state index contributed by atoms with van der Waals surface area (Å²) in [4.78, 5) is 6.82. The highest BCUT2D eigenvalue weighted by atomic mass is 16.3. The van der Waals surface area contributed by atoms with Gasteiger partial charge in [-0.15, -0.1) is 0 Å². The van der Waals surface area contributed by atoms with Crippen LogP contribution >= 0.6 is 0 Å². The quantitative estimate of drug-likeness (QED) is 0.563. The van der Waals surface area contributed by atoms with E-state index in [1.165, 1.54) is 0 Å². The molecule has 108 valence electrons. The van der Waals surface area contributed by atoms with Crippen molar-refractivity contribution in [2.45, 2.75) is 57.7 Å². The van der Waals surface area contributed by atoms with E-state index in [9.17, 15) is 5.11 Å². The number of aliphatic hydroxyl groups is 1. The summed E-state index contributed by atoms with van der Waals surface area (Å²) >= 11 is 0. The van der Waals surface area contributed by atoms with E-state index < -0.39 is 0 Å². The number of nitrogen functional groups attached to an aromatic ring is 1. The van der Waals surface area contributed by atoms with Crippen molar-refractivity contribution in [1.29, 1.82) is 5.41 Å². The number of rotatable bonds is 2. The van der Waals surface area contributed by atoms with Crippen LogP contribution in [0.15, 0.2) is 6.07 Å². The lowest BCUT2D eigenvalue weighted by Crippen LogP contribution is -2.45. The van der Waals surface area contributed by atoms with Crippen LogP contribution in [-0.4, -0.2) is 34.1 Å². The minimum atomic E-state index is -0.187. The van der Waals surface area contributed by atoms with Crippen molar-refractivity contribution in [1.82, 2.24) is 4.98 Å². The standard InChI is InChI=1S/C15H22N4O/c1-8-5-13(14(15(16)17)9(2)18-8)19-10-3-4-11(19)7-12(20)6-10/h5,10-12,20H,3-4,6-7H2,1-2H3,(H3,16,17). The number of aryl methyl sites for hydroxylation is 2. The molecule has 2 aliphatic rings. The largest absolute Gasteiger partial charge is 0.393 e. The Bertz CT molecular complexity index is 543. The lowest BCUT2D eigenvalue weighted by Gasteiger charge is -2.40. The highest BCUT2D eigenvalue weighted by Crippen LogP contribution is 2.41. The number of aromatic nitrogens is 1. The number of hydrogen-bond acceptors (Lipinski definition) is 4. The maximum atomic E-state index is 9.94. The Hall–Kier alpha value is -1.62. The van der Waals surface area contributed by atoms with Crippen LogP contribution in [0.25, 0.3) is 0 Å². The van der Waals surface area contributed by atoms with Gasteiger partial charge in [0.15, 0.2) is 0 Å². The lowest BCUT2D eigenvalue weighted by molar-refractivity contribution is 0.126. The molecule has 3 heterocycles. The molecule has 0 spiro atoms. The van der Waals surface area contributed by atoms with E-state index in [1.807, 2.05) is 19.9 Å². The molecule has 5 nitrogen and oxygen atoms in total. The van der Waals surface area contributed by atoms with Crippen LogP contribution in [0.4, 0.5) is 5.69 Å². The number of fused-ring (bicyclic) bond motifs is 2. The van der Waals surface area contributed by atoms with E-state index in [2.05, 4.69) is 9.88 Å². The SMILES string of the molecule is Cc1cc(N2C3CCC2CC(O)C3)c(C(=N)N)c(C)n1. The molecule has 20 heavy (non-hydrogen) atoms. The predicted octanol–water partition coefficient (Wildman–Crippen LogP) is 1.47. The molecule has 4 N–H and O–H groups in total. The van der Waals surface area contributed by atoms with Gasteiger partial charge in [-0.2, -0.15) is 0 Å². The third kappa shape index (κ3) is 2.06. The zero-order chi connectivity index (χ0) is 14.4. The monoisotopic (exact) mass is 274 g/mol. The van der Waals surface area contributed by atoms with Crippen LogP contribution in [-0.2, 0) is 0 Å². The first-order valence-electron chi connectivity index (χ1n) is 7.26. The van der Waals surface area contributed by atoms with Crippen LogP contribution in [0.3, 0.4) is 0 Å². The molecule has 3 rings (SSSR count). The molecule has 2 bridgehead atoms. The Kier molecular flexibility index (Phi) is 3.17. The van der Waals surface area contributed by atoms with Gasteiger partial charge in [0.05, 0.1) is 23.0 Å². The first-order valence-corrected chi connectivity index (χ1v) is 7.26. The highest BCUT2D eigenvalue weighted by Gasteiger charge is 2.41. The second-order valence-corrected chi connectivity index (χ2v) is 6.07. The summed E-state index contributed by atoms with van der Waals surface area (Å²) in [6, 6.07) is 2.76. The van der Waals surface area contributed by atoms with E-state index in [4.69, 9.17) is 11.1 Å². The number of nitrogens with one attached hydrogen (secondary N) is 1. The van der Waals surface area contributed by atoms with E-state index in [0.29, 0.717) is 12.1 Å². The van der Waals surface area contributed by atoms with Crippen LogP contribution in [0.2, 0.25) is 0 Å². The lowest BCUT2D eigenvalue weighted by atomic mass is 9.97. The number of anilines is 1. The number of amidine groups is 1. The number of nitrogens with zero attached hydrogens (tertiary/aromatic N) is 2. The van der Waals surface area contributed by atoms with Crippen molar-refractivity contribution in [2.24, 2.45) is 5.73 Å². The summed E-state index contributed by atoms with van der Waals surface area (Å²) in [5.41, 5.74) is 9.33. The average molecular weight is 274 g/mol. The van der Waals surface area contributed by atoms with Crippen molar-refractivity contribution in [3.05, 3.63) is 23.0 Å². The van der Waals surface area contributed by atoms with Gasteiger partial charge >= 0.3 is 0 Å². The Balaban J connectivity index is 2.08. The fourth-order valence-electron chi connectivity index (χ4n) is 3.89. The average Bonchev–Trinajstić information content (AvgIpc) is 2.60. The van der Waals surface area contributed by atoms with Crippen LogP contribution in [0.5, 0.6) is 0 Å². The van der Waals surface area contributed by atoms with Gasteiger partial charge in [0, 0.05) is 17.8 Å². The summed E-state index contributed by atoms with van der Waals surface area (Å²) in [7, 11) is 0. The summed E-state index contributed by atoms with van der Waals surface area (Å²) < 4.78 is 0. The Morgan fingerprint density at radius 1 is 1.35 bits per heavy atom. The predicted molar refractivity (Wildman–Crippen MR) is 79.3 cm³/mol. The molecular weight excluding hydrogens is 252 g/mol. The molecule has 0 saturated carbocycles. The molecule has 0 aromatic carbocycles. The van der Waals surface area contributed by atoms with Gasteiger partial charge in [0.1, 0.15) is 5.84 Å². The van der Waals surface area contributed by atoms with Crippen molar-refractivity contribution in [2.75, 3.05) is 4.90 Å². The van der Waals surface area contributed by atoms with Crippen LogP contribution in [0.1, 0.15) is 42.6 Å². The van der Waals surface area contributed by atoms with E-state index in [1.54, 1.807) is 0 Å². The van der Waals surface area contributed by atoms with Crippen LogP contribution < -0.4 is 10.6 Å². The minimum Gasteiger partial charge on any atom is -0.393 e. The van der Waals surface area contributed by atoms with Gasteiger partial charge < -0.3 is 15.7 Å². The zero-order valence-electron chi connectivity index (χ0n) is 12.1. The number of aliphatic hydroxyl groups excluding tert-OH is 1. The summed E-state index contributed by atoms with van der Waals surface area (Å²) in [6.07, 6.45) is 3.66. The van der Waals surface area contributed by atoms with Gasteiger partial charge in [-0.3, -0.25) is 10.4 Å². The normalized spacial score (nSPS) is 28.8. The second kappa shape index (κ2) is 4.74. The van der Waals surface area contributed by atoms with E-state index >= 15 is 0 Å². The molecule has 2 aliphatic heterocycles. The Labute approximate surface area is 119 Å². The molecule has 2 fully saturated rings. The Morgan fingerprint density at radius 2 is 1.95 bits per heavy atom. The third-order valence-electron chi connectivity index (χ3n) is 4.56. The van der Waals surface area contributed by atoms with Crippen molar-refractivity contribution >= 4 is 11.5 Å². The van der Waals surface area contributed by atoms with E-state index in [0.717, 1.165) is 48.3 Å². The summed E-state index contributed by atoms with van der Waals surface area (Å²) in [6.45, 7) is 3.88. The van der Waals surface area contributed by atoms with Gasteiger partial charge in [0.2, 0.25) is 0 Å². The molecule has 0 aliphatic carbocycles. The summed E-state index contributed by atoms with van der Waals surface area (Å²) in [5, 5.41) is 17.8. The Morgan fingerprint density at radius 3 is 2.50 bits per heavy atom. The molecule has 2 saturated heterocycles. The van der Waals surface area contributed by atoms with Crippen molar-refractivity contribution < 1.29 is 5.11 Å². The molecule has 5 heteroatoms. The molecule has 0 amide bonds. The fourth-order valence-corrected chi connectivity index (χ4v) is 3.89. The molecule has 0 radical (unpaired) electrons. The minimum absolute atomic E-state index is 0.0792. The zero-order valence-corrected chi connectivity index (χ0v) is 12.1. The molecule has 1 aromatic heterocycles. The first-order chi connectivity index (χ1) is 9.47. The third-order valence-corrected chi connectivity index (χ3v) is 4.56. The molecule has 2 unspecified atom stereocenters. The van der Waals surface area contributed by atoms with Gasteiger partial charge in [-0.05, 0) is 45.6 Å². The molecule has 1 aromatic rings. The fraction of sp³-hybridized carbons (Fsp3) is 0.600.